The molecule has 1 aliphatic heterocycles. The lowest BCUT2D eigenvalue weighted by atomic mass is 10.0. The Kier molecular flexibility index (Phi) is 3.59. The van der Waals surface area contributed by atoms with Gasteiger partial charge in [0, 0.05) is 19.6 Å². The summed E-state index contributed by atoms with van der Waals surface area (Å²) in [5.41, 5.74) is 5.29. The average molecular weight is 212 g/mol. The van der Waals surface area contributed by atoms with Crippen LogP contribution in [0.1, 0.15) is 19.3 Å². The lowest BCUT2D eigenvalue weighted by Gasteiger charge is -2.17. The normalized spacial score (nSPS) is 29.5. The number of carbonyl (C=O) groups excluding carboxylic acids is 1. The van der Waals surface area contributed by atoms with Crippen LogP contribution in [0, 0.1) is 11.8 Å². The zero-order chi connectivity index (χ0) is 10.7. The number of ether oxygens (including phenoxy) is 1. The summed E-state index contributed by atoms with van der Waals surface area (Å²) in [4.78, 5) is 13.7. The summed E-state index contributed by atoms with van der Waals surface area (Å²) in [6.45, 7) is 3.08. The number of rotatable bonds is 4. The fourth-order valence-corrected chi connectivity index (χ4v) is 2.77. The van der Waals surface area contributed by atoms with Gasteiger partial charge in [0.2, 0.25) is 5.91 Å². The summed E-state index contributed by atoms with van der Waals surface area (Å²) in [5, 5.41) is 0. The Morgan fingerprint density at radius 1 is 1.33 bits per heavy atom. The maximum atomic E-state index is 11.7. The van der Waals surface area contributed by atoms with Gasteiger partial charge in [-0.15, -0.1) is 0 Å². The van der Waals surface area contributed by atoms with Crippen LogP contribution in [0.3, 0.4) is 0 Å². The van der Waals surface area contributed by atoms with Crippen molar-refractivity contribution < 1.29 is 9.53 Å². The second kappa shape index (κ2) is 4.94. The van der Waals surface area contributed by atoms with E-state index in [-0.39, 0.29) is 12.5 Å². The maximum absolute atomic E-state index is 11.7. The zero-order valence-electron chi connectivity index (χ0n) is 9.15. The molecule has 0 aromatic rings. The molecule has 4 heteroatoms. The minimum atomic E-state index is 0.137. The third kappa shape index (κ3) is 2.49. The molecule has 0 aromatic carbocycles. The van der Waals surface area contributed by atoms with Crippen LogP contribution in [0.5, 0.6) is 0 Å². The highest BCUT2D eigenvalue weighted by molar-refractivity contribution is 5.77. The number of fused-ring (bicyclic) bond motifs is 1. The largest absolute Gasteiger partial charge is 0.370 e. The fourth-order valence-electron chi connectivity index (χ4n) is 2.77. The van der Waals surface area contributed by atoms with Crippen LogP contribution < -0.4 is 5.73 Å². The van der Waals surface area contributed by atoms with Gasteiger partial charge in [-0.2, -0.15) is 0 Å². The fraction of sp³-hybridized carbons (Fsp3) is 0.909. The molecule has 1 saturated heterocycles. The number of likely N-dealkylation sites (tertiary alicyclic amines) is 1. The van der Waals surface area contributed by atoms with Gasteiger partial charge in [0.1, 0.15) is 6.61 Å². The molecular formula is C11H20N2O2. The molecule has 86 valence electrons. The predicted octanol–water partition coefficient (Wildman–Crippen LogP) is 0.220. The van der Waals surface area contributed by atoms with Gasteiger partial charge in [0.25, 0.3) is 0 Å². The Hall–Kier alpha value is -0.610. The SMILES string of the molecule is NCCOCC(=O)N1CC2CCCC2C1. The second-order valence-corrected chi connectivity index (χ2v) is 4.59. The van der Waals surface area contributed by atoms with Gasteiger partial charge in [-0.05, 0) is 24.7 Å². The minimum absolute atomic E-state index is 0.137. The van der Waals surface area contributed by atoms with Crippen LogP contribution in [0.25, 0.3) is 0 Å². The van der Waals surface area contributed by atoms with Gasteiger partial charge in [0.15, 0.2) is 0 Å². The quantitative estimate of drug-likeness (QED) is 0.678. The van der Waals surface area contributed by atoms with E-state index in [0.717, 1.165) is 24.9 Å². The molecule has 1 saturated carbocycles. The van der Waals surface area contributed by atoms with Gasteiger partial charge >= 0.3 is 0 Å². The highest BCUT2D eigenvalue weighted by atomic mass is 16.5. The topological polar surface area (TPSA) is 55.6 Å². The van der Waals surface area contributed by atoms with E-state index < -0.39 is 0 Å². The number of hydrogen-bond donors (Lipinski definition) is 1. The molecule has 1 heterocycles. The maximum Gasteiger partial charge on any atom is 0.248 e. The molecule has 2 fully saturated rings. The molecule has 0 aromatic heterocycles. The molecule has 15 heavy (non-hydrogen) atoms. The molecule has 2 aliphatic rings. The van der Waals surface area contributed by atoms with E-state index in [1.807, 2.05) is 4.90 Å². The van der Waals surface area contributed by atoms with Gasteiger partial charge in [-0.1, -0.05) is 6.42 Å². The van der Waals surface area contributed by atoms with E-state index in [4.69, 9.17) is 10.5 Å². The van der Waals surface area contributed by atoms with Crippen molar-refractivity contribution in [3.63, 3.8) is 0 Å². The predicted molar refractivity (Wildman–Crippen MR) is 57.3 cm³/mol. The van der Waals surface area contributed by atoms with Crippen LogP contribution in [-0.2, 0) is 9.53 Å². The van der Waals surface area contributed by atoms with Crippen molar-refractivity contribution in [1.29, 1.82) is 0 Å². The summed E-state index contributed by atoms with van der Waals surface area (Å²) >= 11 is 0. The van der Waals surface area contributed by atoms with Crippen LogP contribution >= 0.6 is 0 Å². The summed E-state index contributed by atoms with van der Waals surface area (Å²) in [6.07, 6.45) is 3.96. The van der Waals surface area contributed by atoms with Gasteiger partial charge < -0.3 is 15.4 Å². The van der Waals surface area contributed by atoms with Crippen molar-refractivity contribution in [2.45, 2.75) is 19.3 Å². The highest BCUT2D eigenvalue weighted by Gasteiger charge is 2.37. The lowest BCUT2D eigenvalue weighted by Crippen LogP contribution is -2.33. The van der Waals surface area contributed by atoms with E-state index in [2.05, 4.69) is 0 Å². The third-order valence-electron chi connectivity index (χ3n) is 3.57. The van der Waals surface area contributed by atoms with E-state index in [0.29, 0.717) is 13.2 Å². The summed E-state index contributed by atoms with van der Waals surface area (Å²) < 4.78 is 5.16. The van der Waals surface area contributed by atoms with Gasteiger partial charge in [0.05, 0.1) is 6.61 Å². The molecule has 2 atom stereocenters. The Balaban J connectivity index is 1.73. The molecule has 1 aliphatic carbocycles. The van der Waals surface area contributed by atoms with Crippen molar-refractivity contribution in [1.82, 2.24) is 4.90 Å². The Morgan fingerprint density at radius 3 is 2.60 bits per heavy atom. The van der Waals surface area contributed by atoms with Crippen LogP contribution in [-0.4, -0.2) is 43.7 Å². The van der Waals surface area contributed by atoms with Crippen molar-refractivity contribution in [3.8, 4) is 0 Å². The second-order valence-electron chi connectivity index (χ2n) is 4.59. The molecular weight excluding hydrogens is 192 g/mol. The molecule has 2 unspecified atom stereocenters. The Labute approximate surface area is 90.8 Å². The van der Waals surface area contributed by atoms with E-state index in [9.17, 15) is 4.79 Å². The van der Waals surface area contributed by atoms with Crippen molar-refractivity contribution >= 4 is 5.91 Å². The van der Waals surface area contributed by atoms with E-state index in [1.54, 1.807) is 0 Å². The van der Waals surface area contributed by atoms with Crippen molar-refractivity contribution in [3.05, 3.63) is 0 Å². The standard InChI is InChI=1S/C11H20N2O2/c12-4-5-15-8-11(14)13-6-9-2-1-3-10(9)7-13/h9-10H,1-8,12H2. The van der Waals surface area contributed by atoms with Crippen LogP contribution in [0.4, 0.5) is 0 Å². The van der Waals surface area contributed by atoms with Crippen molar-refractivity contribution in [2.24, 2.45) is 17.6 Å². The average Bonchev–Trinajstić information content (AvgIpc) is 2.76. The first-order valence-corrected chi connectivity index (χ1v) is 5.87. The van der Waals surface area contributed by atoms with E-state index >= 15 is 0 Å². The molecule has 0 spiro atoms. The first-order valence-electron chi connectivity index (χ1n) is 5.87. The molecule has 2 rings (SSSR count). The summed E-state index contributed by atoms with van der Waals surface area (Å²) in [5.74, 6) is 1.67. The number of hydrogen-bond acceptors (Lipinski definition) is 3. The Bertz CT molecular complexity index is 221. The molecule has 1 amide bonds. The third-order valence-corrected chi connectivity index (χ3v) is 3.57. The highest BCUT2D eigenvalue weighted by Crippen LogP contribution is 2.37. The van der Waals surface area contributed by atoms with Crippen LogP contribution in [0.15, 0.2) is 0 Å². The minimum Gasteiger partial charge on any atom is -0.370 e. The number of nitrogens with two attached hydrogens (primary N) is 1. The van der Waals surface area contributed by atoms with Gasteiger partial charge in [-0.3, -0.25) is 4.79 Å². The monoisotopic (exact) mass is 212 g/mol. The lowest BCUT2D eigenvalue weighted by molar-refractivity contribution is -0.135. The first-order chi connectivity index (χ1) is 7.31. The molecule has 4 nitrogen and oxygen atoms in total. The van der Waals surface area contributed by atoms with Gasteiger partial charge in [-0.25, -0.2) is 0 Å². The molecule has 0 radical (unpaired) electrons. The number of carbonyl (C=O) groups is 1. The smallest absolute Gasteiger partial charge is 0.248 e. The zero-order valence-corrected chi connectivity index (χ0v) is 9.15. The van der Waals surface area contributed by atoms with Crippen molar-refractivity contribution in [2.75, 3.05) is 32.8 Å². The first kappa shape index (κ1) is 10.9. The Morgan fingerprint density at radius 2 is 2.00 bits per heavy atom. The van der Waals surface area contributed by atoms with E-state index in [1.165, 1.54) is 19.3 Å². The van der Waals surface area contributed by atoms with Crippen LogP contribution in [0.2, 0.25) is 0 Å². The molecule has 0 bridgehead atoms. The molecule has 2 N–H and O–H groups in total. The summed E-state index contributed by atoms with van der Waals surface area (Å²) in [7, 11) is 0. The summed E-state index contributed by atoms with van der Waals surface area (Å²) in [6, 6.07) is 0. The number of nitrogens with zero attached hydrogens (tertiary/aromatic N) is 1. The number of amides is 1.